The quantitative estimate of drug-likeness (QED) is 0.350. The highest BCUT2D eigenvalue weighted by Gasteiger charge is 2.38. The minimum absolute atomic E-state index is 0.172. The molecule has 0 saturated carbocycles. The molecule has 6 heteroatoms. The molecule has 6 nitrogen and oxygen atoms in total. The minimum Gasteiger partial charge on any atom is -0.393 e. The first-order chi connectivity index (χ1) is 8.50. The first kappa shape index (κ1) is 14.5. The Balaban J connectivity index is 2.69. The van der Waals surface area contributed by atoms with Crippen LogP contribution in [0.15, 0.2) is 35.4 Å². The summed E-state index contributed by atoms with van der Waals surface area (Å²) in [6.45, 7) is 3.04. The van der Waals surface area contributed by atoms with Crippen LogP contribution >= 0.6 is 0 Å². The van der Waals surface area contributed by atoms with E-state index in [0.29, 0.717) is 0 Å². The number of azide groups is 1. The highest BCUT2D eigenvalue weighted by molar-refractivity contribution is 5.13. The second-order valence-corrected chi connectivity index (χ2v) is 4.24. The van der Waals surface area contributed by atoms with Crippen LogP contribution in [0.2, 0.25) is 0 Å². The number of hydrogen-bond donors (Lipinski definition) is 2. The average molecular weight is 251 g/mol. The topological polar surface area (TPSA) is 98.5 Å². The molecule has 0 amide bonds. The van der Waals surface area contributed by atoms with Crippen LogP contribution in [0.4, 0.5) is 0 Å². The van der Waals surface area contributed by atoms with Gasteiger partial charge in [0.1, 0.15) is 5.54 Å². The van der Waals surface area contributed by atoms with Gasteiger partial charge in [0.15, 0.2) is 6.29 Å². The van der Waals surface area contributed by atoms with Crippen LogP contribution in [-0.2, 0) is 11.3 Å². The summed E-state index contributed by atoms with van der Waals surface area (Å²) >= 11 is 0. The zero-order valence-electron chi connectivity index (χ0n) is 10.4. The highest BCUT2D eigenvalue weighted by Crippen LogP contribution is 2.23. The van der Waals surface area contributed by atoms with Crippen LogP contribution in [0.5, 0.6) is 0 Å². The molecule has 0 aliphatic rings. The third-order valence-corrected chi connectivity index (χ3v) is 2.86. The molecule has 18 heavy (non-hydrogen) atoms. The Morgan fingerprint density at radius 1 is 1.39 bits per heavy atom. The molecule has 0 fully saturated rings. The lowest BCUT2D eigenvalue weighted by Gasteiger charge is -2.31. The molecule has 98 valence electrons. The summed E-state index contributed by atoms with van der Waals surface area (Å²) < 4.78 is 5.24. The van der Waals surface area contributed by atoms with Gasteiger partial charge in [-0.25, -0.2) is 0 Å². The Hall–Kier alpha value is -1.59. The molecule has 0 radical (unpaired) electrons. The summed E-state index contributed by atoms with van der Waals surface area (Å²) in [6.07, 6.45) is -2.41. The molecule has 1 rings (SSSR count). The van der Waals surface area contributed by atoms with Gasteiger partial charge in [-0.3, -0.25) is 0 Å². The molecule has 1 aromatic carbocycles. The van der Waals surface area contributed by atoms with E-state index in [1.807, 2.05) is 30.3 Å². The first-order valence-corrected chi connectivity index (χ1v) is 5.58. The number of nitrogens with zero attached hydrogens (tertiary/aromatic N) is 3. The first-order valence-electron chi connectivity index (χ1n) is 5.58. The molecule has 0 aliphatic heterocycles. The zero-order chi connectivity index (χ0) is 13.6. The summed E-state index contributed by atoms with van der Waals surface area (Å²) in [7, 11) is 0. The fourth-order valence-corrected chi connectivity index (χ4v) is 1.35. The van der Waals surface area contributed by atoms with Gasteiger partial charge in [-0.15, -0.1) is 0 Å². The number of aliphatic hydroxyl groups excluding tert-OH is 2. The molecule has 2 N–H and O–H groups in total. The maximum Gasteiger partial charge on any atom is 0.168 e. The minimum atomic E-state index is -1.41. The highest BCUT2D eigenvalue weighted by atomic mass is 16.6. The van der Waals surface area contributed by atoms with Gasteiger partial charge in [0.05, 0.1) is 12.7 Å². The SMILES string of the molecule is C[C@@H](O)[C@](C)(N=[N+]=[N-])C(O)OCc1ccccc1. The lowest BCUT2D eigenvalue weighted by Crippen LogP contribution is -2.47. The maximum absolute atomic E-state index is 9.88. The summed E-state index contributed by atoms with van der Waals surface area (Å²) in [4.78, 5) is 2.63. The van der Waals surface area contributed by atoms with Crippen LogP contribution < -0.4 is 0 Å². The van der Waals surface area contributed by atoms with E-state index >= 15 is 0 Å². The maximum atomic E-state index is 9.88. The van der Waals surface area contributed by atoms with E-state index in [0.717, 1.165) is 5.56 Å². The van der Waals surface area contributed by atoms with Gasteiger partial charge in [-0.1, -0.05) is 35.4 Å². The van der Waals surface area contributed by atoms with E-state index < -0.39 is 17.9 Å². The molecule has 0 bridgehead atoms. The number of benzene rings is 1. The molecule has 1 unspecified atom stereocenters. The Labute approximate surface area is 105 Å². The molecular weight excluding hydrogens is 234 g/mol. The summed E-state index contributed by atoms with van der Waals surface area (Å²) in [5.41, 5.74) is 7.93. The third-order valence-electron chi connectivity index (χ3n) is 2.86. The van der Waals surface area contributed by atoms with Gasteiger partial charge < -0.3 is 14.9 Å². The van der Waals surface area contributed by atoms with Crippen molar-refractivity contribution in [2.24, 2.45) is 5.11 Å². The molecule has 3 atom stereocenters. The van der Waals surface area contributed by atoms with Gasteiger partial charge in [-0.2, -0.15) is 0 Å². The van der Waals surface area contributed by atoms with Crippen molar-refractivity contribution in [1.29, 1.82) is 0 Å². The monoisotopic (exact) mass is 251 g/mol. The van der Waals surface area contributed by atoms with E-state index in [4.69, 9.17) is 10.3 Å². The molecule has 0 aromatic heterocycles. The van der Waals surface area contributed by atoms with E-state index in [-0.39, 0.29) is 6.61 Å². The van der Waals surface area contributed by atoms with Crippen LogP contribution in [0.1, 0.15) is 19.4 Å². The largest absolute Gasteiger partial charge is 0.393 e. The lowest BCUT2D eigenvalue weighted by atomic mass is 9.96. The van der Waals surface area contributed by atoms with Crippen LogP contribution in [0.25, 0.3) is 10.4 Å². The van der Waals surface area contributed by atoms with Gasteiger partial charge in [-0.05, 0) is 24.9 Å². The van der Waals surface area contributed by atoms with Crippen molar-refractivity contribution >= 4 is 0 Å². The predicted octanol–water partition coefficient (Wildman–Crippen LogP) is 1.97. The van der Waals surface area contributed by atoms with E-state index in [2.05, 4.69) is 10.0 Å². The third kappa shape index (κ3) is 3.45. The van der Waals surface area contributed by atoms with Crippen LogP contribution in [-0.4, -0.2) is 28.1 Å². The second-order valence-electron chi connectivity index (χ2n) is 4.24. The average Bonchev–Trinajstić information content (AvgIpc) is 2.37. The van der Waals surface area contributed by atoms with E-state index in [1.165, 1.54) is 13.8 Å². The van der Waals surface area contributed by atoms with Crippen molar-refractivity contribution in [2.45, 2.75) is 38.4 Å². The summed E-state index contributed by atoms with van der Waals surface area (Å²) in [5.74, 6) is 0. The number of ether oxygens (including phenoxy) is 1. The standard InChI is InChI=1S/C12H17N3O3/c1-9(16)12(2,14-15-13)11(17)18-8-10-6-4-3-5-7-10/h3-7,9,11,16-17H,8H2,1-2H3/t9-,11?,12+/m1/s1. The predicted molar refractivity (Wildman–Crippen MR) is 66.5 cm³/mol. The Kier molecular flexibility index (Phi) is 5.12. The fraction of sp³-hybridized carbons (Fsp3) is 0.500. The summed E-state index contributed by atoms with van der Waals surface area (Å²) in [6, 6.07) is 9.28. The van der Waals surface area contributed by atoms with Crippen molar-refractivity contribution in [3.05, 3.63) is 46.3 Å². The molecule has 1 aromatic rings. The smallest absolute Gasteiger partial charge is 0.168 e. The van der Waals surface area contributed by atoms with Crippen molar-refractivity contribution in [1.82, 2.24) is 0 Å². The number of rotatable bonds is 6. The fourth-order valence-electron chi connectivity index (χ4n) is 1.35. The van der Waals surface area contributed by atoms with Crippen LogP contribution in [0, 0.1) is 0 Å². The Morgan fingerprint density at radius 2 is 2.00 bits per heavy atom. The van der Waals surface area contributed by atoms with Crippen molar-refractivity contribution in [3.8, 4) is 0 Å². The van der Waals surface area contributed by atoms with E-state index in [1.54, 1.807) is 0 Å². The molecule has 0 spiro atoms. The second kappa shape index (κ2) is 6.37. The number of aliphatic hydroxyl groups is 2. The number of hydrogen-bond acceptors (Lipinski definition) is 4. The van der Waals surface area contributed by atoms with Crippen molar-refractivity contribution in [3.63, 3.8) is 0 Å². The van der Waals surface area contributed by atoms with E-state index in [9.17, 15) is 10.2 Å². The van der Waals surface area contributed by atoms with Crippen molar-refractivity contribution < 1.29 is 14.9 Å². The Morgan fingerprint density at radius 3 is 2.50 bits per heavy atom. The zero-order valence-corrected chi connectivity index (χ0v) is 10.4. The lowest BCUT2D eigenvalue weighted by molar-refractivity contribution is -0.168. The molecule has 0 aliphatic carbocycles. The molecular formula is C12H17N3O3. The molecule has 0 heterocycles. The van der Waals surface area contributed by atoms with Gasteiger partial charge in [0.2, 0.25) is 0 Å². The molecule has 0 saturated heterocycles. The van der Waals surface area contributed by atoms with Gasteiger partial charge >= 0.3 is 0 Å². The van der Waals surface area contributed by atoms with Crippen molar-refractivity contribution in [2.75, 3.05) is 0 Å². The van der Waals surface area contributed by atoms with Gasteiger partial charge in [0, 0.05) is 4.91 Å². The summed E-state index contributed by atoms with van der Waals surface area (Å²) in [5, 5.41) is 22.9. The van der Waals surface area contributed by atoms with Gasteiger partial charge in [0.25, 0.3) is 0 Å². The Bertz CT molecular complexity index is 418. The normalized spacial score (nSPS) is 17.3. The van der Waals surface area contributed by atoms with Crippen LogP contribution in [0.3, 0.4) is 0 Å².